The Hall–Kier alpha value is -1.93. The molecule has 0 saturated heterocycles. The number of hydrogen-bond acceptors (Lipinski definition) is 4. The number of amides is 1. The van der Waals surface area contributed by atoms with E-state index in [9.17, 15) is 18.0 Å². The third kappa shape index (κ3) is 4.81. The first-order valence-electron chi connectivity index (χ1n) is 6.80. The highest BCUT2D eigenvalue weighted by Gasteiger charge is 2.29. The quantitative estimate of drug-likeness (QED) is 0.701. The highest BCUT2D eigenvalue weighted by Crippen LogP contribution is 2.16. The van der Waals surface area contributed by atoms with Gasteiger partial charge in [0, 0.05) is 12.6 Å². The predicted octanol–water partition coefficient (Wildman–Crippen LogP) is 1.42. The summed E-state index contributed by atoms with van der Waals surface area (Å²) in [5.74, 6) is -1.82. The number of hydrogen-bond donors (Lipinski definition) is 3. The molecule has 1 rings (SSSR count). The molecule has 0 saturated carbocycles. The largest absolute Gasteiger partial charge is 0.480 e. The molecule has 0 aromatic heterocycles. The van der Waals surface area contributed by atoms with Gasteiger partial charge in [0.2, 0.25) is 15.9 Å². The van der Waals surface area contributed by atoms with Crippen molar-refractivity contribution in [2.45, 2.75) is 38.1 Å². The van der Waals surface area contributed by atoms with Crippen LogP contribution in [0, 0.1) is 5.92 Å². The van der Waals surface area contributed by atoms with Gasteiger partial charge in [-0.2, -0.15) is 4.72 Å². The molecule has 0 aliphatic carbocycles. The number of benzene rings is 1. The van der Waals surface area contributed by atoms with E-state index in [2.05, 4.69) is 10.0 Å². The van der Waals surface area contributed by atoms with Gasteiger partial charge in [-0.15, -0.1) is 0 Å². The van der Waals surface area contributed by atoms with E-state index in [-0.39, 0.29) is 16.7 Å². The number of carbonyl (C=O) groups excluding carboxylic acids is 1. The molecule has 2 atom stereocenters. The molecule has 0 unspecified atom stereocenters. The normalized spacial score (nSPS) is 14.1. The zero-order valence-electron chi connectivity index (χ0n) is 12.7. The van der Waals surface area contributed by atoms with Gasteiger partial charge in [0.15, 0.2) is 0 Å². The van der Waals surface area contributed by atoms with Crippen LogP contribution in [0.1, 0.15) is 27.2 Å². The maximum absolute atomic E-state index is 12.2. The summed E-state index contributed by atoms with van der Waals surface area (Å²) >= 11 is 0. The van der Waals surface area contributed by atoms with E-state index in [0.717, 1.165) is 0 Å². The summed E-state index contributed by atoms with van der Waals surface area (Å²) in [7, 11) is -3.95. The monoisotopic (exact) mass is 328 g/mol. The SMILES string of the molecule is CC[C@H](C)[C@@H](NS(=O)(=O)c1ccc(NC(C)=O)cc1)C(=O)O. The van der Waals surface area contributed by atoms with Crippen LogP contribution in [0.3, 0.4) is 0 Å². The Morgan fingerprint density at radius 1 is 1.23 bits per heavy atom. The van der Waals surface area contributed by atoms with Gasteiger partial charge in [0.25, 0.3) is 0 Å². The minimum absolute atomic E-state index is 0.0591. The third-order valence-electron chi connectivity index (χ3n) is 3.25. The average molecular weight is 328 g/mol. The lowest BCUT2D eigenvalue weighted by atomic mass is 10.0. The fourth-order valence-corrected chi connectivity index (χ4v) is 3.10. The van der Waals surface area contributed by atoms with Crippen LogP contribution >= 0.6 is 0 Å². The van der Waals surface area contributed by atoms with Crippen LogP contribution in [0.15, 0.2) is 29.2 Å². The maximum Gasteiger partial charge on any atom is 0.322 e. The molecule has 0 heterocycles. The van der Waals surface area contributed by atoms with Crippen molar-refractivity contribution in [2.75, 3.05) is 5.32 Å². The first-order valence-corrected chi connectivity index (χ1v) is 8.28. The summed E-state index contributed by atoms with van der Waals surface area (Å²) in [6.07, 6.45) is 0.529. The fraction of sp³-hybridized carbons (Fsp3) is 0.429. The van der Waals surface area contributed by atoms with Crippen molar-refractivity contribution in [3.8, 4) is 0 Å². The van der Waals surface area contributed by atoms with E-state index in [0.29, 0.717) is 12.1 Å². The van der Waals surface area contributed by atoms with Crippen molar-refractivity contribution >= 4 is 27.6 Å². The number of carboxylic acid groups (broad SMARTS) is 1. The molecule has 0 bridgehead atoms. The molecular formula is C14H20N2O5S. The molecule has 0 spiro atoms. The van der Waals surface area contributed by atoms with Crippen LogP contribution in [-0.2, 0) is 19.6 Å². The lowest BCUT2D eigenvalue weighted by Gasteiger charge is -2.20. The van der Waals surface area contributed by atoms with E-state index in [1.165, 1.54) is 31.2 Å². The topological polar surface area (TPSA) is 113 Å². The van der Waals surface area contributed by atoms with E-state index in [1.807, 2.05) is 0 Å². The Morgan fingerprint density at radius 2 is 1.77 bits per heavy atom. The summed E-state index contributed by atoms with van der Waals surface area (Å²) in [6, 6.07) is 4.31. The number of anilines is 1. The zero-order chi connectivity index (χ0) is 16.9. The van der Waals surface area contributed by atoms with Crippen LogP contribution in [0.5, 0.6) is 0 Å². The minimum atomic E-state index is -3.95. The lowest BCUT2D eigenvalue weighted by Crippen LogP contribution is -2.44. The van der Waals surface area contributed by atoms with E-state index < -0.39 is 22.0 Å². The third-order valence-corrected chi connectivity index (χ3v) is 4.70. The smallest absolute Gasteiger partial charge is 0.322 e. The van der Waals surface area contributed by atoms with Gasteiger partial charge in [-0.1, -0.05) is 20.3 Å². The first kappa shape index (κ1) is 18.1. The summed E-state index contributed by atoms with van der Waals surface area (Å²) < 4.78 is 26.7. The van der Waals surface area contributed by atoms with Crippen LogP contribution in [0.2, 0.25) is 0 Å². The van der Waals surface area contributed by atoms with E-state index in [4.69, 9.17) is 5.11 Å². The molecule has 7 nitrogen and oxygen atoms in total. The number of rotatable bonds is 7. The van der Waals surface area contributed by atoms with Gasteiger partial charge in [0.05, 0.1) is 4.90 Å². The minimum Gasteiger partial charge on any atom is -0.480 e. The molecule has 1 amide bonds. The van der Waals surface area contributed by atoms with Crippen molar-refractivity contribution in [1.29, 1.82) is 0 Å². The number of nitrogens with one attached hydrogen (secondary N) is 2. The summed E-state index contributed by atoms with van der Waals surface area (Å²) in [4.78, 5) is 22.1. The average Bonchev–Trinajstić information content (AvgIpc) is 2.43. The van der Waals surface area contributed by atoms with Crippen LogP contribution in [0.25, 0.3) is 0 Å². The van der Waals surface area contributed by atoms with E-state index >= 15 is 0 Å². The number of carboxylic acids is 1. The summed E-state index contributed by atoms with van der Waals surface area (Å²) in [6.45, 7) is 4.80. The second-order valence-corrected chi connectivity index (χ2v) is 6.74. The molecule has 1 aromatic rings. The van der Waals surface area contributed by atoms with Crippen LogP contribution in [0.4, 0.5) is 5.69 Å². The van der Waals surface area contributed by atoms with Crippen molar-refractivity contribution in [3.63, 3.8) is 0 Å². The lowest BCUT2D eigenvalue weighted by molar-refractivity contribution is -0.140. The Kier molecular flexibility index (Phi) is 6.07. The van der Waals surface area contributed by atoms with Crippen molar-refractivity contribution in [3.05, 3.63) is 24.3 Å². The van der Waals surface area contributed by atoms with Gasteiger partial charge < -0.3 is 10.4 Å². The van der Waals surface area contributed by atoms with Gasteiger partial charge in [-0.3, -0.25) is 9.59 Å². The maximum atomic E-state index is 12.2. The van der Waals surface area contributed by atoms with Gasteiger partial charge in [0.1, 0.15) is 6.04 Å². The Bertz CT molecular complexity index is 640. The molecule has 122 valence electrons. The number of sulfonamides is 1. The van der Waals surface area contributed by atoms with Crippen LogP contribution in [-0.4, -0.2) is 31.4 Å². The predicted molar refractivity (Wildman–Crippen MR) is 81.9 cm³/mol. The van der Waals surface area contributed by atoms with Crippen molar-refractivity contribution < 1.29 is 23.1 Å². The first-order chi connectivity index (χ1) is 10.2. The summed E-state index contributed by atoms with van der Waals surface area (Å²) in [5, 5.41) is 11.7. The molecular weight excluding hydrogens is 308 g/mol. The molecule has 0 radical (unpaired) electrons. The van der Waals surface area contributed by atoms with E-state index in [1.54, 1.807) is 13.8 Å². The molecule has 3 N–H and O–H groups in total. The number of carbonyl (C=O) groups is 2. The molecule has 0 aliphatic rings. The fourth-order valence-electron chi connectivity index (χ4n) is 1.80. The standard InChI is InChI=1S/C14H20N2O5S/c1-4-9(2)13(14(18)19)16-22(20,21)12-7-5-11(6-8-12)15-10(3)17/h5-9,13,16H,4H2,1-3H3,(H,15,17)(H,18,19)/t9-,13+/m0/s1. The molecule has 0 aliphatic heterocycles. The Morgan fingerprint density at radius 3 is 2.18 bits per heavy atom. The Balaban J connectivity index is 2.98. The highest BCUT2D eigenvalue weighted by molar-refractivity contribution is 7.89. The van der Waals surface area contributed by atoms with Gasteiger partial charge in [-0.05, 0) is 30.2 Å². The molecule has 22 heavy (non-hydrogen) atoms. The van der Waals surface area contributed by atoms with Crippen molar-refractivity contribution in [1.82, 2.24) is 4.72 Å². The van der Waals surface area contributed by atoms with Crippen molar-refractivity contribution in [2.24, 2.45) is 5.92 Å². The Labute approximate surface area is 129 Å². The molecule has 1 aromatic carbocycles. The zero-order valence-corrected chi connectivity index (χ0v) is 13.5. The molecule has 8 heteroatoms. The number of aliphatic carboxylic acids is 1. The second kappa shape index (κ2) is 7.37. The summed E-state index contributed by atoms with van der Waals surface area (Å²) in [5.41, 5.74) is 0.461. The van der Waals surface area contributed by atoms with Gasteiger partial charge in [-0.25, -0.2) is 8.42 Å². The van der Waals surface area contributed by atoms with Crippen LogP contribution < -0.4 is 10.0 Å². The molecule has 0 fully saturated rings. The van der Waals surface area contributed by atoms with Gasteiger partial charge >= 0.3 is 5.97 Å². The second-order valence-electron chi connectivity index (χ2n) is 5.03. The highest BCUT2D eigenvalue weighted by atomic mass is 32.2.